The second-order valence-corrected chi connectivity index (χ2v) is 5.08. The van der Waals surface area contributed by atoms with Gasteiger partial charge in [-0.3, -0.25) is 4.79 Å². The van der Waals surface area contributed by atoms with Gasteiger partial charge < -0.3 is 10.4 Å². The highest BCUT2D eigenvalue weighted by Gasteiger charge is 2.15. The van der Waals surface area contributed by atoms with Crippen LogP contribution in [0.4, 0.5) is 0 Å². The van der Waals surface area contributed by atoms with E-state index in [0.717, 1.165) is 4.90 Å². The Morgan fingerprint density at radius 1 is 1.38 bits per heavy atom. The van der Waals surface area contributed by atoms with Gasteiger partial charge in [0.2, 0.25) is 5.91 Å². The predicted octanol–water partition coefficient (Wildman–Crippen LogP) is 1.66. The maximum Gasteiger partial charge on any atom is 0.233 e. The first kappa shape index (κ1) is 13.1. The minimum atomic E-state index is -0.189. The summed E-state index contributed by atoms with van der Waals surface area (Å²) in [6, 6.07) is 9.61. The van der Waals surface area contributed by atoms with Gasteiger partial charge in [-0.05, 0) is 26.0 Å². The molecular formula is C12H17NO2S. The number of nitrogens with one attached hydrogen (secondary N) is 1. The standard InChI is InChI=1S/C12H17NO2S/c1-9(8-14)13-12(15)10(2)16-11-6-4-3-5-7-11/h3-7,9-10,14H,8H2,1-2H3,(H,13,15)/t9-,10+/m0/s1. The van der Waals surface area contributed by atoms with E-state index in [1.807, 2.05) is 37.3 Å². The second-order valence-electron chi connectivity index (χ2n) is 3.67. The van der Waals surface area contributed by atoms with E-state index in [9.17, 15) is 4.79 Å². The Kier molecular flexibility index (Phi) is 5.35. The van der Waals surface area contributed by atoms with Crippen LogP contribution in [0.15, 0.2) is 35.2 Å². The average molecular weight is 239 g/mol. The Hall–Kier alpha value is -1.00. The monoisotopic (exact) mass is 239 g/mol. The molecule has 0 bridgehead atoms. The van der Waals surface area contributed by atoms with E-state index in [2.05, 4.69) is 5.32 Å². The van der Waals surface area contributed by atoms with Crippen molar-refractivity contribution in [1.82, 2.24) is 5.32 Å². The number of thioether (sulfide) groups is 1. The van der Waals surface area contributed by atoms with Crippen LogP contribution in [0.3, 0.4) is 0 Å². The zero-order valence-electron chi connectivity index (χ0n) is 9.51. The summed E-state index contributed by atoms with van der Waals surface area (Å²) in [5.74, 6) is -0.0459. The summed E-state index contributed by atoms with van der Waals surface area (Å²) in [5.41, 5.74) is 0. The van der Waals surface area contributed by atoms with E-state index < -0.39 is 0 Å². The topological polar surface area (TPSA) is 49.3 Å². The maximum atomic E-state index is 11.7. The first-order valence-corrected chi connectivity index (χ1v) is 6.14. The lowest BCUT2D eigenvalue weighted by molar-refractivity contribution is -0.121. The van der Waals surface area contributed by atoms with Gasteiger partial charge in [0, 0.05) is 10.9 Å². The summed E-state index contributed by atoms with van der Waals surface area (Å²) < 4.78 is 0. The normalized spacial score (nSPS) is 14.2. The lowest BCUT2D eigenvalue weighted by Crippen LogP contribution is -2.39. The molecule has 2 atom stereocenters. The van der Waals surface area contributed by atoms with Gasteiger partial charge in [-0.15, -0.1) is 11.8 Å². The van der Waals surface area contributed by atoms with E-state index in [0.29, 0.717) is 0 Å². The Balaban J connectivity index is 2.46. The number of hydrogen-bond donors (Lipinski definition) is 2. The van der Waals surface area contributed by atoms with Crippen LogP contribution in [-0.2, 0) is 4.79 Å². The summed E-state index contributed by atoms with van der Waals surface area (Å²) in [4.78, 5) is 12.7. The number of aliphatic hydroxyl groups excluding tert-OH is 1. The van der Waals surface area contributed by atoms with Crippen molar-refractivity contribution in [1.29, 1.82) is 0 Å². The molecule has 0 spiro atoms. The molecule has 0 saturated carbocycles. The third kappa shape index (κ3) is 4.24. The number of amides is 1. The summed E-state index contributed by atoms with van der Waals surface area (Å²) in [6.45, 7) is 3.60. The van der Waals surface area contributed by atoms with Gasteiger partial charge >= 0.3 is 0 Å². The first-order valence-electron chi connectivity index (χ1n) is 5.26. The van der Waals surface area contributed by atoms with Crippen molar-refractivity contribution in [3.8, 4) is 0 Å². The van der Waals surface area contributed by atoms with Crippen LogP contribution in [0.5, 0.6) is 0 Å². The Bertz CT molecular complexity index is 329. The molecule has 0 unspecified atom stereocenters. The summed E-state index contributed by atoms with van der Waals surface area (Å²) in [7, 11) is 0. The van der Waals surface area contributed by atoms with E-state index in [1.54, 1.807) is 6.92 Å². The molecule has 0 radical (unpaired) electrons. The van der Waals surface area contributed by atoms with Gasteiger partial charge in [-0.1, -0.05) is 18.2 Å². The highest BCUT2D eigenvalue weighted by Crippen LogP contribution is 2.22. The Morgan fingerprint density at radius 2 is 2.00 bits per heavy atom. The molecule has 0 fully saturated rings. The van der Waals surface area contributed by atoms with Gasteiger partial charge in [-0.25, -0.2) is 0 Å². The van der Waals surface area contributed by atoms with Crippen LogP contribution >= 0.6 is 11.8 Å². The molecule has 2 N–H and O–H groups in total. The van der Waals surface area contributed by atoms with Crippen LogP contribution in [0.2, 0.25) is 0 Å². The number of carbonyl (C=O) groups is 1. The zero-order valence-corrected chi connectivity index (χ0v) is 10.3. The van der Waals surface area contributed by atoms with Crippen LogP contribution in [-0.4, -0.2) is 28.9 Å². The summed E-state index contributed by atoms with van der Waals surface area (Å²) in [5, 5.41) is 11.4. The highest BCUT2D eigenvalue weighted by atomic mass is 32.2. The molecule has 0 aromatic heterocycles. The molecule has 1 amide bonds. The van der Waals surface area contributed by atoms with Gasteiger partial charge in [0.1, 0.15) is 0 Å². The minimum Gasteiger partial charge on any atom is -0.394 e. The Morgan fingerprint density at radius 3 is 2.56 bits per heavy atom. The fourth-order valence-electron chi connectivity index (χ4n) is 1.16. The van der Waals surface area contributed by atoms with Crippen molar-refractivity contribution < 1.29 is 9.90 Å². The first-order chi connectivity index (χ1) is 7.63. The van der Waals surface area contributed by atoms with Crippen LogP contribution < -0.4 is 5.32 Å². The van der Waals surface area contributed by atoms with E-state index in [1.165, 1.54) is 11.8 Å². The number of carbonyl (C=O) groups excluding carboxylic acids is 1. The number of benzene rings is 1. The van der Waals surface area contributed by atoms with E-state index >= 15 is 0 Å². The maximum absolute atomic E-state index is 11.7. The van der Waals surface area contributed by atoms with Gasteiger partial charge in [0.05, 0.1) is 11.9 Å². The third-order valence-corrected chi connectivity index (χ3v) is 3.20. The van der Waals surface area contributed by atoms with Crippen LogP contribution in [0.1, 0.15) is 13.8 Å². The minimum absolute atomic E-state index is 0.0333. The molecule has 88 valence electrons. The number of aliphatic hydroxyl groups is 1. The van der Waals surface area contributed by atoms with Crippen molar-refractivity contribution in [2.45, 2.75) is 30.0 Å². The van der Waals surface area contributed by atoms with Crippen molar-refractivity contribution >= 4 is 17.7 Å². The molecule has 1 aromatic carbocycles. The number of hydrogen-bond acceptors (Lipinski definition) is 3. The molecule has 4 heteroatoms. The smallest absolute Gasteiger partial charge is 0.233 e. The average Bonchev–Trinajstić information content (AvgIpc) is 2.30. The molecule has 1 aromatic rings. The molecule has 0 heterocycles. The van der Waals surface area contributed by atoms with Crippen molar-refractivity contribution in [2.75, 3.05) is 6.61 Å². The molecule has 1 rings (SSSR count). The lowest BCUT2D eigenvalue weighted by Gasteiger charge is -2.15. The molecule has 0 aliphatic rings. The molecule has 0 saturated heterocycles. The molecule has 16 heavy (non-hydrogen) atoms. The van der Waals surface area contributed by atoms with Crippen molar-refractivity contribution in [3.05, 3.63) is 30.3 Å². The predicted molar refractivity (Wildman–Crippen MR) is 66.5 cm³/mol. The second kappa shape index (κ2) is 6.55. The quantitative estimate of drug-likeness (QED) is 0.768. The van der Waals surface area contributed by atoms with Gasteiger partial charge in [0.25, 0.3) is 0 Å². The fourth-order valence-corrected chi connectivity index (χ4v) is 2.06. The van der Waals surface area contributed by atoms with Gasteiger partial charge in [0.15, 0.2) is 0 Å². The van der Waals surface area contributed by atoms with E-state index in [-0.39, 0.29) is 23.8 Å². The highest BCUT2D eigenvalue weighted by molar-refractivity contribution is 8.00. The zero-order chi connectivity index (χ0) is 12.0. The van der Waals surface area contributed by atoms with Gasteiger partial charge in [-0.2, -0.15) is 0 Å². The molecule has 0 aliphatic heterocycles. The third-order valence-electron chi connectivity index (χ3n) is 2.09. The van der Waals surface area contributed by atoms with Crippen molar-refractivity contribution in [2.24, 2.45) is 0 Å². The summed E-state index contributed by atoms with van der Waals surface area (Å²) in [6.07, 6.45) is 0. The van der Waals surface area contributed by atoms with Crippen LogP contribution in [0.25, 0.3) is 0 Å². The Labute approximate surface area is 100 Å². The largest absolute Gasteiger partial charge is 0.394 e. The molecular weight excluding hydrogens is 222 g/mol. The van der Waals surface area contributed by atoms with E-state index in [4.69, 9.17) is 5.11 Å². The summed E-state index contributed by atoms with van der Waals surface area (Å²) >= 11 is 1.51. The number of rotatable bonds is 5. The lowest BCUT2D eigenvalue weighted by atomic mass is 10.3. The molecule has 3 nitrogen and oxygen atoms in total. The SMILES string of the molecule is C[C@@H](CO)NC(=O)[C@@H](C)Sc1ccccc1. The van der Waals surface area contributed by atoms with Crippen molar-refractivity contribution in [3.63, 3.8) is 0 Å². The van der Waals surface area contributed by atoms with Crippen LogP contribution in [0, 0.1) is 0 Å². The fraction of sp³-hybridized carbons (Fsp3) is 0.417. The molecule has 0 aliphatic carbocycles.